The fraction of sp³-hybridized carbons (Fsp3) is 0.120. The van der Waals surface area contributed by atoms with Crippen molar-refractivity contribution in [3.05, 3.63) is 101 Å². The van der Waals surface area contributed by atoms with E-state index in [1.54, 1.807) is 48.5 Å². The lowest BCUT2D eigenvalue weighted by atomic mass is 10.1. The minimum absolute atomic E-state index is 0.196. The second kappa shape index (κ2) is 10.7. The van der Waals surface area contributed by atoms with Crippen LogP contribution in [0.1, 0.15) is 37.4 Å². The van der Waals surface area contributed by atoms with Crippen molar-refractivity contribution in [2.24, 2.45) is 5.10 Å². The first-order valence-corrected chi connectivity index (χ1v) is 9.97. The predicted molar refractivity (Wildman–Crippen MR) is 122 cm³/mol. The molecule has 0 fully saturated rings. The number of hydrazone groups is 1. The molecule has 0 bridgehead atoms. The molecule has 32 heavy (non-hydrogen) atoms. The van der Waals surface area contributed by atoms with E-state index in [9.17, 15) is 14.4 Å². The molecule has 2 amide bonds. The number of ether oxygens (including phenoxy) is 1. The molecule has 0 aliphatic carbocycles. The summed E-state index contributed by atoms with van der Waals surface area (Å²) in [6.45, 7) is 3.48. The highest BCUT2D eigenvalue weighted by molar-refractivity contribution is 5.97. The predicted octanol–water partition coefficient (Wildman–Crippen LogP) is 3.40. The highest BCUT2D eigenvalue weighted by Crippen LogP contribution is 2.15. The number of aryl methyl sites for hydroxylation is 2. The first kappa shape index (κ1) is 22.4. The molecule has 7 heteroatoms. The van der Waals surface area contributed by atoms with Crippen LogP contribution in [0.15, 0.2) is 77.9 Å². The standard InChI is InChI=1S/C25H23N3O4/c1-17-7-3-5-9-21(17)24(30)26-16-23(29)28-27-15-19-11-13-20(14-12-19)32-25(31)22-10-6-4-8-18(22)2/h3-15H,16H2,1-2H3,(H,26,30)(H,28,29)/b27-15+. The maximum Gasteiger partial charge on any atom is 0.343 e. The summed E-state index contributed by atoms with van der Waals surface area (Å²) in [7, 11) is 0. The number of benzene rings is 3. The minimum atomic E-state index is -0.452. The Morgan fingerprint density at radius 2 is 1.44 bits per heavy atom. The number of esters is 1. The van der Waals surface area contributed by atoms with Crippen LogP contribution in [-0.2, 0) is 4.79 Å². The van der Waals surface area contributed by atoms with Crippen molar-refractivity contribution in [3.63, 3.8) is 0 Å². The van der Waals surface area contributed by atoms with Crippen LogP contribution in [0.4, 0.5) is 0 Å². The Hall–Kier alpha value is -4.26. The molecule has 162 valence electrons. The van der Waals surface area contributed by atoms with Gasteiger partial charge in [-0.2, -0.15) is 5.10 Å². The van der Waals surface area contributed by atoms with Crippen molar-refractivity contribution in [2.75, 3.05) is 6.54 Å². The Balaban J connectivity index is 1.47. The fourth-order valence-corrected chi connectivity index (χ4v) is 2.89. The zero-order valence-corrected chi connectivity index (χ0v) is 17.8. The smallest absolute Gasteiger partial charge is 0.343 e. The Labute approximate surface area is 186 Å². The summed E-state index contributed by atoms with van der Waals surface area (Å²) in [5.41, 5.74) is 5.76. The first-order valence-electron chi connectivity index (χ1n) is 9.97. The lowest BCUT2D eigenvalue weighted by molar-refractivity contribution is -0.120. The third-order valence-corrected chi connectivity index (χ3v) is 4.66. The molecule has 0 aliphatic rings. The maximum atomic E-state index is 12.3. The van der Waals surface area contributed by atoms with Gasteiger partial charge in [0.15, 0.2) is 0 Å². The van der Waals surface area contributed by atoms with Gasteiger partial charge in [0, 0.05) is 5.56 Å². The third kappa shape index (κ3) is 6.12. The van der Waals surface area contributed by atoms with Gasteiger partial charge in [0.1, 0.15) is 5.75 Å². The Kier molecular flexibility index (Phi) is 7.48. The fourth-order valence-electron chi connectivity index (χ4n) is 2.89. The van der Waals surface area contributed by atoms with Crippen LogP contribution in [0.3, 0.4) is 0 Å². The van der Waals surface area contributed by atoms with Gasteiger partial charge in [-0.15, -0.1) is 0 Å². The SMILES string of the molecule is Cc1ccccc1C(=O)NCC(=O)N/N=C/c1ccc(OC(=O)c2ccccc2C)cc1. The summed E-state index contributed by atoms with van der Waals surface area (Å²) in [6.07, 6.45) is 1.45. The van der Waals surface area contributed by atoms with Crippen LogP contribution in [0.2, 0.25) is 0 Å². The lowest BCUT2D eigenvalue weighted by Gasteiger charge is -2.07. The van der Waals surface area contributed by atoms with Crippen LogP contribution >= 0.6 is 0 Å². The van der Waals surface area contributed by atoms with E-state index in [0.29, 0.717) is 22.4 Å². The van der Waals surface area contributed by atoms with Crippen molar-refractivity contribution >= 4 is 24.0 Å². The Morgan fingerprint density at radius 1 is 0.844 bits per heavy atom. The van der Waals surface area contributed by atoms with Crippen molar-refractivity contribution in [1.29, 1.82) is 0 Å². The number of amides is 2. The normalized spacial score (nSPS) is 10.6. The van der Waals surface area contributed by atoms with Gasteiger partial charge in [-0.25, -0.2) is 10.2 Å². The van der Waals surface area contributed by atoms with Crippen molar-refractivity contribution in [3.8, 4) is 5.75 Å². The monoisotopic (exact) mass is 429 g/mol. The van der Waals surface area contributed by atoms with Crippen LogP contribution in [0, 0.1) is 13.8 Å². The Bertz CT molecular complexity index is 1150. The third-order valence-electron chi connectivity index (χ3n) is 4.66. The first-order chi connectivity index (χ1) is 15.4. The van der Waals surface area contributed by atoms with Gasteiger partial charge in [0.25, 0.3) is 11.8 Å². The van der Waals surface area contributed by atoms with E-state index in [1.165, 1.54) is 6.21 Å². The second-order valence-corrected chi connectivity index (χ2v) is 7.06. The number of carbonyl (C=O) groups excluding carboxylic acids is 3. The molecule has 3 rings (SSSR count). The van der Waals surface area contributed by atoms with Gasteiger partial charge < -0.3 is 10.1 Å². The van der Waals surface area contributed by atoms with Gasteiger partial charge in [0.2, 0.25) is 0 Å². The zero-order valence-electron chi connectivity index (χ0n) is 17.8. The van der Waals surface area contributed by atoms with E-state index >= 15 is 0 Å². The molecule has 7 nitrogen and oxygen atoms in total. The van der Waals surface area contributed by atoms with E-state index in [4.69, 9.17) is 4.74 Å². The molecule has 0 radical (unpaired) electrons. The molecule has 3 aromatic rings. The molecule has 0 heterocycles. The van der Waals surface area contributed by atoms with Crippen molar-refractivity contribution < 1.29 is 19.1 Å². The van der Waals surface area contributed by atoms with E-state index in [1.807, 2.05) is 38.1 Å². The molecule has 0 saturated carbocycles. The molecular formula is C25H23N3O4. The number of hydrogen-bond donors (Lipinski definition) is 2. The number of nitrogens with zero attached hydrogens (tertiary/aromatic N) is 1. The highest BCUT2D eigenvalue weighted by atomic mass is 16.5. The molecule has 0 aromatic heterocycles. The van der Waals surface area contributed by atoms with E-state index in [-0.39, 0.29) is 12.5 Å². The summed E-state index contributed by atoms with van der Waals surface area (Å²) in [5, 5.41) is 6.43. The van der Waals surface area contributed by atoms with Crippen LogP contribution in [-0.4, -0.2) is 30.5 Å². The molecular weight excluding hydrogens is 406 g/mol. The highest BCUT2D eigenvalue weighted by Gasteiger charge is 2.11. The average Bonchev–Trinajstić information content (AvgIpc) is 2.79. The molecule has 0 aliphatic heterocycles. The van der Waals surface area contributed by atoms with Crippen molar-refractivity contribution in [2.45, 2.75) is 13.8 Å². The quantitative estimate of drug-likeness (QED) is 0.260. The van der Waals surface area contributed by atoms with Gasteiger partial charge in [-0.05, 0) is 66.9 Å². The van der Waals surface area contributed by atoms with Crippen LogP contribution < -0.4 is 15.5 Å². The molecule has 0 unspecified atom stereocenters. The summed E-state index contributed by atoms with van der Waals surface area (Å²) in [4.78, 5) is 36.3. The van der Waals surface area contributed by atoms with E-state index in [0.717, 1.165) is 11.1 Å². The van der Waals surface area contributed by atoms with Crippen LogP contribution in [0.25, 0.3) is 0 Å². The summed E-state index contributed by atoms with van der Waals surface area (Å²) in [5.74, 6) is -0.798. The largest absolute Gasteiger partial charge is 0.423 e. The van der Waals surface area contributed by atoms with E-state index < -0.39 is 11.9 Å². The summed E-state index contributed by atoms with van der Waals surface area (Å²) < 4.78 is 5.38. The van der Waals surface area contributed by atoms with Crippen LogP contribution in [0.5, 0.6) is 5.75 Å². The average molecular weight is 429 g/mol. The second-order valence-electron chi connectivity index (χ2n) is 7.06. The lowest BCUT2D eigenvalue weighted by Crippen LogP contribution is -2.35. The molecule has 0 atom stereocenters. The molecule has 2 N–H and O–H groups in total. The maximum absolute atomic E-state index is 12.3. The number of carbonyl (C=O) groups is 3. The summed E-state index contributed by atoms with van der Waals surface area (Å²) >= 11 is 0. The molecule has 0 spiro atoms. The number of nitrogens with one attached hydrogen (secondary N) is 2. The van der Waals surface area contributed by atoms with E-state index in [2.05, 4.69) is 15.8 Å². The van der Waals surface area contributed by atoms with Crippen molar-refractivity contribution in [1.82, 2.24) is 10.7 Å². The minimum Gasteiger partial charge on any atom is -0.423 e. The zero-order chi connectivity index (χ0) is 22.9. The summed E-state index contributed by atoms with van der Waals surface area (Å²) in [6, 6.07) is 21.0. The van der Waals surface area contributed by atoms with Gasteiger partial charge >= 0.3 is 5.97 Å². The number of hydrogen-bond acceptors (Lipinski definition) is 5. The molecule has 3 aromatic carbocycles. The Morgan fingerprint density at radius 3 is 2.06 bits per heavy atom. The van der Waals surface area contributed by atoms with Gasteiger partial charge in [0.05, 0.1) is 18.3 Å². The van der Waals surface area contributed by atoms with Gasteiger partial charge in [-0.1, -0.05) is 36.4 Å². The topological polar surface area (TPSA) is 96.9 Å². The number of rotatable bonds is 7. The molecule has 0 saturated heterocycles. The van der Waals surface area contributed by atoms with Gasteiger partial charge in [-0.3, -0.25) is 9.59 Å².